The zero-order valence-corrected chi connectivity index (χ0v) is 21.5. The van der Waals surface area contributed by atoms with E-state index < -0.39 is 18.1 Å². The third kappa shape index (κ3) is 4.44. The highest BCUT2D eigenvalue weighted by Crippen LogP contribution is 2.44. The number of aliphatic carboxylic acids is 1. The van der Waals surface area contributed by atoms with Gasteiger partial charge in [0.2, 0.25) is 0 Å². The molecule has 1 heterocycles. The van der Waals surface area contributed by atoms with E-state index in [9.17, 15) is 14.7 Å². The molecule has 0 bridgehead atoms. The van der Waals surface area contributed by atoms with Gasteiger partial charge in [0.05, 0.1) is 5.52 Å². The summed E-state index contributed by atoms with van der Waals surface area (Å²) in [7, 11) is 1.49. The number of fused-ring (bicyclic) bond motifs is 4. The van der Waals surface area contributed by atoms with Crippen molar-refractivity contribution in [3.63, 3.8) is 0 Å². The summed E-state index contributed by atoms with van der Waals surface area (Å²) in [4.78, 5) is 26.8. The fraction of sp³-hybridized carbons (Fsp3) is 0.152. The summed E-state index contributed by atoms with van der Waals surface area (Å²) in [5.74, 6) is -1.18. The van der Waals surface area contributed by atoms with Gasteiger partial charge in [-0.15, -0.1) is 0 Å². The first-order valence-electron chi connectivity index (χ1n) is 13.0. The molecule has 6 nitrogen and oxygen atoms in total. The number of rotatable bonds is 7. The number of carbonyl (C=O) groups is 2. The number of likely N-dealkylation sites (N-methyl/N-ethyl adjacent to an activating group) is 1. The maximum atomic E-state index is 13.2. The Hall–Kier alpha value is -4.84. The highest BCUT2D eigenvalue weighted by Gasteiger charge is 2.32. The van der Waals surface area contributed by atoms with Crippen molar-refractivity contribution in [3.8, 4) is 16.8 Å². The van der Waals surface area contributed by atoms with Gasteiger partial charge in [0, 0.05) is 36.7 Å². The lowest BCUT2D eigenvalue weighted by molar-refractivity contribution is -0.142. The van der Waals surface area contributed by atoms with Crippen molar-refractivity contribution in [3.05, 3.63) is 126 Å². The second kappa shape index (κ2) is 10.1. The van der Waals surface area contributed by atoms with Gasteiger partial charge in [-0.2, -0.15) is 0 Å². The van der Waals surface area contributed by atoms with E-state index in [1.54, 1.807) is 0 Å². The standard InChI is InChI=1S/C33H28N2O4/c1-34(33(38)39-21-29-27-16-7-5-14-25(27)26-15-6-8-17-28(26)29)31(32(36)37)19-22-20-35(23-11-3-2-4-12-23)30-18-10-9-13-24(22)30/h2-18,20,29,31H,19,21H2,1H3,(H,36,37)/t31-/m0/s1. The molecule has 1 N–H and O–H groups in total. The van der Waals surface area contributed by atoms with Crippen molar-refractivity contribution in [1.82, 2.24) is 9.47 Å². The zero-order chi connectivity index (χ0) is 26.9. The summed E-state index contributed by atoms with van der Waals surface area (Å²) in [5, 5.41) is 11.1. The lowest BCUT2D eigenvalue weighted by atomic mass is 9.98. The topological polar surface area (TPSA) is 71.8 Å². The predicted molar refractivity (Wildman–Crippen MR) is 151 cm³/mol. The summed E-state index contributed by atoms with van der Waals surface area (Å²) in [6.07, 6.45) is 1.45. The molecule has 1 aliphatic rings. The third-order valence-corrected chi connectivity index (χ3v) is 7.62. The summed E-state index contributed by atoms with van der Waals surface area (Å²) >= 11 is 0. The molecule has 1 amide bonds. The average molecular weight is 517 g/mol. The second-order valence-electron chi connectivity index (χ2n) is 9.85. The Morgan fingerprint density at radius 2 is 1.44 bits per heavy atom. The minimum Gasteiger partial charge on any atom is -0.480 e. The molecule has 0 aliphatic heterocycles. The highest BCUT2D eigenvalue weighted by molar-refractivity contribution is 5.87. The Morgan fingerprint density at radius 3 is 2.10 bits per heavy atom. The number of carbonyl (C=O) groups excluding carboxylic acids is 1. The number of ether oxygens (including phenoxy) is 1. The molecular formula is C33H28N2O4. The average Bonchev–Trinajstić information content (AvgIpc) is 3.50. The van der Waals surface area contributed by atoms with E-state index >= 15 is 0 Å². The quantitative estimate of drug-likeness (QED) is 0.268. The van der Waals surface area contributed by atoms with Gasteiger partial charge in [0.15, 0.2) is 0 Å². The molecule has 5 aromatic rings. The number of hydrogen-bond donors (Lipinski definition) is 1. The van der Waals surface area contributed by atoms with Crippen LogP contribution < -0.4 is 0 Å². The third-order valence-electron chi connectivity index (χ3n) is 7.62. The Labute approximate surface area is 226 Å². The molecule has 0 radical (unpaired) electrons. The van der Waals surface area contributed by atoms with Crippen LogP contribution in [0.2, 0.25) is 0 Å². The first-order valence-corrected chi connectivity index (χ1v) is 13.0. The Kier molecular flexibility index (Phi) is 6.37. The minimum atomic E-state index is -1.09. The molecule has 1 aromatic heterocycles. The molecule has 0 unspecified atom stereocenters. The van der Waals surface area contributed by atoms with Gasteiger partial charge in [-0.1, -0.05) is 84.9 Å². The van der Waals surface area contributed by atoms with Crippen molar-refractivity contribution in [1.29, 1.82) is 0 Å². The fourth-order valence-electron chi connectivity index (χ4n) is 5.64. The summed E-state index contributed by atoms with van der Waals surface area (Å²) in [5.41, 5.74) is 7.31. The van der Waals surface area contributed by atoms with Crippen LogP contribution in [0.5, 0.6) is 0 Å². The molecular weight excluding hydrogens is 488 g/mol. The first kappa shape index (κ1) is 24.5. The molecule has 1 atom stereocenters. The Bertz CT molecular complexity index is 1630. The zero-order valence-electron chi connectivity index (χ0n) is 21.5. The van der Waals surface area contributed by atoms with E-state index in [0.717, 1.165) is 44.4 Å². The molecule has 0 saturated carbocycles. The van der Waals surface area contributed by atoms with Crippen LogP contribution in [0.4, 0.5) is 4.79 Å². The molecule has 0 saturated heterocycles. The van der Waals surface area contributed by atoms with Gasteiger partial charge in [0.25, 0.3) is 0 Å². The normalized spacial score (nSPS) is 13.1. The number of carboxylic acid groups (broad SMARTS) is 1. The van der Waals surface area contributed by atoms with E-state index in [2.05, 4.69) is 28.8 Å². The largest absolute Gasteiger partial charge is 0.480 e. The summed E-state index contributed by atoms with van der Waals surface area (Å²) < 4.78 is 7.80. The van der Waals surface area contributed by atoms with Gasteiger partial charge < -0.3 is 14.4 Å². The number of hydrogen-bond acceptors (Lipinski definition) is 3. The number of nitrogens with zero attached hydrogens (tertiary/aromatic N) is 2. The Balaban J connectivity index is 1.23. The lowest BCUT2D eigenvalue weighted by Crippen LogP contribution is -2.44. The molecule has 0 fully saturated rings. The monoisotopic (exact) mass is 516 g/mol. The number of para-hydroxylation sites is 2. The number of aromatic nitrogens is 1. The summed E-state index contributed by atoms with van der Waals surface area (Å²) in [6, 6.07) is 33.0. The van der Waals surface area contributed by atoms with Crippen molar-refractivity contribution >= 4 is 23.0 Å². The van der Waals surface area contributed by atoms with Crippen LogP contribution in [-0.2, 0) is 16.0 Å². The van der Waals surface area contributed by atoms with Crippen LogP contribution in [0.3, 0.4) is 0 Å². The van der Waals surface area contributed by atoms with Crippen molar-refractivity contribution in [2.75, 3.05) is 13.7 Å². The smallest absolute Gasteiger partial charge is 0.410 e. The fourth-order valence-corrected chi connectivity index (χ4v) is 5.64. The van der Waals surface area contributed by atoms with Crippen LogP contribution in [0.25, 0.3) is 27.7 Å². The van der Waals surface area contributed by atoms with Gasteiger partial charge in [-0.05, 0) is 46.0 Å². The van der Waals surface area contributed by atoms with Crippen molar-refractivity contribution < 1.29 is 19.4 Å². The SMILES string of the molecule is CN(C(=O)OCC1c2ccccc2-c2ccccc21)[C@@H](Cc1cn(-c2ccccc2)c2ccccc12)C(=O)O. The van der Waals surface area contributed by atoms with Gasteiger partial charge in [0.1, 0.15) is 12.6 Å². The second-order valence-corrected chi connectivity index (χ2v) is 9.85. The van der Waals surface area contributed by atoms with Gasteiger partial charge in [-0.3, -0.25) is 4.90 Å². The van der Waals surface area contributed by atoms with Crippen molar-refractivity contribution in [2.45, 2.75) is 18.4 Å². The predicted octanol–water partition coefficient (Wildman–Crippen LogP) is 6.51. The number of carboxylic acids is 1. The van der Waals surface area contributed by atoms with E-state index in [1.807, 2.05) is 85.1 Å². The molecule has 6 rings (SSSR count). The minimum absolute atomic E-state index is 0.0955. The summed E-state index contributed by atoms with van der Waals surface area (Å²) in [6.45, 7) is 0.136. The molecule has 1 aliphatic carbocycles. The maximum absolute atomic E-state index is 13.2. The van der Waals surface area contributed by atoms with Crippen LogP contribution in [0.1, 0.15) is 22.6 Å². The molecule has 194 valence electrons. The first-order chi connectivity index (χ1) is 19.0. The van der Waals surface area contributed by atoms with Crippen LogP contribution in [-0.4, -0.2) is 46.3 Å². The maximum Gasteiger partial charge on any atom is 0.410 e. The highest BCUT2D eigenvalue weighted by atomic mass is 16.6. The van der Waals surface area contributed by atoms with E-state index in [1.165, 1.54) is 11.9 Å². The number of amides is 1. The Morgan fingerprint density at radius 1 is 0.846 bits per heavy atom. The van der Waals surface area contributed by atoms with Crippen LogP contribution in [0.15, 0.2) is 109 Å². The van der Waals surface area contributed by atoms with Crippen LogP contribution >= 0.6 is 0 Å². The van der Waals surface area contributed by atoms with E-state index in [-0.39, 0.29) is 18.9 Å². The van der Waals surface area contributed by atoms with Gasteiger partial charge in [-0.25, -0.2) is 9.59 Å². The number of benzene rings is 4. The molecule has 4 aromatic carbocycles. The van der Waals surface area contributed by atoms with Crippen LogP contribution in [0, 0.1) is 0 Å². The molecule has 39 heavy (non-hydrogen) atoms. The lowest BCUT2D eigenvalue weighted by Gasteiger charge is -2.25. The van der Waals surface area contributed by atoms with E-state index in [4.69, 9.17) is 4.74 Å². The van der Waals surface area contributed by atoms with Crippen molar-refractivity contribution in [2.24, 2.45) is 0 Å². The van der Waals surface area contributed by atoms with Gasteiger partial charge >= 0.3 is 12.1 Å². The molecule has 6 heteroatoms. The van der Waals surface area contributed by atoms with E-state index in [0.29, 0.717) is 0 Å². The molecule has 0 spiro atoms.